The lowest BCUT2D eigenvalue weighted by molar-refractivity contribution is -0.172. The Morgan fingerprint density at radius 3 is 2.38 bits per heavy atom. The molecule has 24 heavy (non-hydrogen) atoms. The van der Waals surface area contributed by atoms with Gasteiger partial charge in [0.1, 0.15) is 0 Å². The van der Waals surface area contributed by atoms with Crippen LogP contribution in [0.1, 0.15) is 22.8 Å². The van der Waals surface area contributed by atoms with Gasteiger partial charge in [0.15, 0.2) is 5.16 Å². The molecule has 8 heteroatoms. The summed E-state index contributed by atoms with van der Waals surface area (Å²) in [6.07, 6.45) is 0. The van der Waals surface area contributed by atoms with Crippen LogP contribution in [0.15, 0.2) is 34.3 Å². The van der Waals surface area contributed by atoms with Gasteiger partial charge in [0.25, 0.3) is 0 Å². The van der Waals surface area contributed by atoms with Crippen molar-refractivity contribution in [2.45, 2.75) is 22.8 Å². The van der Waals surface area contributed by atoms with Gasteiger partial charge in [0.2, 0.25) is 17.5 Å². The first-order valence-electron chi connectivity index (χ1n) is 7.07. The average molecular weight is 348 g/mol. The molecular weight excluding hydrogens is 332 g/mol. The lowest BCUT2D eigenvalue weighted by atomic mass is 10.0. The second-order valence-corrected chi connectivity index (χ2v) is 6.06. The second kappa shape index (κ2) is 6.29. The van der Waals surface area contributed by atoms with Crippen LogP contribution in [0.5, 0.6) is 11.8 Å². The summed E-state index contributed by atoms with van der Waals surface area (Å²) in [5.41, 5.74) is 1.13. The smallest absolute Gasteiger partial charge is 0.342 e. The number of methoxy groups -OCH3 is 3. The van der Waals surface area contributed by atoms with Crippen LogP contribution in [0.4, 0.5) is 0 Å². The minimum absolute atomic E-state index is 0.376. The molecule has 2 heterocycles. The van der Waals surface area contributed by atoms with E-state index in [1.165, 1.54) is 33.1 Å². The average Bonchev–Trinajstić information content (AvgIpc) is 2.87. The zero-order valence-electron chi connectivity index (χ0n) is 13.7. The number of benzene rings is 1. The van der Waals surface area contributed by atoms with Crippen molar-refractivity contribution in [1.29, 1.82) is 0 Å². The van der Waals surface area contributed by atoms with Crippen molar-refractivity contribution < 1.29 is 23.7 Å². The maximum absolute atomic E-state index is 12.3. The molecule has 0 bridgehead atoms. The van der Waals surface area contributed by atoms with Crippen LogP contribution in [0.25, 0.3) is 0 Å². The number of esters is 1. The monoisotopic (exact) mass is 348 g/mol. The van der Waals surface area contributed by atoms with Crippen molar-refractivity contribution in [1.82, 2.24) is 9.97 Å². The predicted molar refractivity (Wildman–Crippen MR) is 85.5 cm³/mol. The number of hydrogen-bond acceptors (Lipinski definition) is 8. The lowest BCUT2D eigenvalue weighted by Gasteiger charge is -2.21. The molecule has 0 amide bonds. The van der Waals surface area contributed by atoms with Crippen molar-refractivity contribution in [3.05, 3.63) is 35.4 Å². The Kier molecular flexibility index (Phi) is 4.33. The first kappa shape index (κ1) is 16.5. The Balaban J connectivity index is 2.03. The van der Waals surface area contributed by atoms with Crippen LogP contribution < -0.4 is 9.47 Å². The fourth-order valence-electron chi connectivity index (χ4n) is 2.38. The van der Waals surface area contributed by atoms with Crippen LogP contribution in [0.3, 0.4) is 0 Å². The largest absolute Gasteiger partial charge is 0.481 e. The fraction of sp³-hybridized carbons (Fsp3) is 0.312. The van der Waals surface area contributed by atoms with Gasteiger partial charge in [0, 0.05) is 24.5 Å². The third-order valence-corrected chi connectivity index (χ3v) is 4.60. The number of rotatable bonds is 5. The molecule has 3 rings (SSSR count). The van der Waals surface area contributed by atoms with Gasteiger partial charge in [0.05, 0.1) is 25.8 Å². The molecule has 1 aromatic carbocycles. The molecule has 126 valence electrons. The summed E-state index contributed by atoms with van der Waals surface area (Å²) in [6, 6.07) is 7.02. The van der Waals surface area contributed by atoms with Crippen LogP contribution >= 0.6 is 11.8 Å². The summed E-state index contributed by atoms with van der Waals surface area (Å²) in [4.78, 5) is 21.5. The first-order valence-corrected chi connectivity index (χ1v) is 7.89. The van der Waals surface area contributed by atoms with Crippen molar-refractivity contribution in [3.63, 3.8) is 0 Å². The third kappa shape index (κ3) is 2.78. The highest BCUT2D eigenvalue weighted by molar-refractivity contribution is 7.99. The van der Waals surface area contributed by atoms with E-state index < -0.39 is 11.8 Å². The number of carbonyl (C=O) groups excluding carboxylic acids is 1. The quantitative estimate of drug-likeness (QED) is 0.603. The molecule has 0 N–H and O–H groups in total. The van der Waals surface area contributed by atoms with E-state index in [0.717, 1.165) is 0 Å². The van der Waals surface area contributed by atoms with Gasteiger partial charge < -0.3 is 18.9 Å². The molecule has 7 nitrogen and oxygen atoms in total. The standard InChI is InChI=1S/C16H16N2O5S/c1-16(22-4)9-6-5-7-10(13(9)14(19)23-16)24-15-17-11(20-2)8-12(18-15)21-3/h5-8H,1-4H3. The molecule has 2 aromatic rings. The third-order valence-electron chi connectivity index (χ3n) is 3.67. The van der Waals surface area contributed by atoms with Crippen molar-refractivity contribution in [3.8, 4) is 11.8 Å². The topological polar surface area (TPSA) is 79.8 Å². The maximum Gasteiger partial charge on any atom is 0.342 e. The summed E-state index contributed by atoms with van der Waals surface area (Å²) in [5, 5.41) is 0.401. The summed E-state index contributed by atoms with van der Waals surface area (Å²) in [7, 11) is 4.52. The zero-order chi connectivity index (χ0) is 17.3. The number of fused-ring (bicyclic) bond motifs is 1. The number of ether oxygens (including phenoxy) is 4. The van der Waals surface area contributed by atoms with Gasteiger partial charge in [-0.3, -0.25) is 0 Å². The number of hydrogen-bond donors (Lipinski definition) is 0. The predicted octanol–water partition coefficient (Wildman–Crippen LogP) is 2.63. The number of carbonyl (C=O) groups is 1. The highest BCUT2D eigenvalue weighted by atomic mass is 32.2. The number of aromatic nitrogens is 2. The Bertz CT molecular complexity index is 776. The Morgan fingerprint density at radius 2 is 1.79 bits per heavy atom. The molecule has 0 saturated heterocycles. The summed E-state index contributed by atoms with van der Waals surface area (Å²) < 4.78 is 21.0. The molecule has 1 aliphatic heterocycles. The van der Waals surface area contributed by atoms with Gasteiger partial charge >= 0.3 is 5.97 Å². The minimum Gasteiger partial charge on any atom is -0.481 e. The molecule has 1 aliphatic rings. The molecular formula is C16H16N2O5S. The van der Waals surface area contributed by atoms with E-state index in [1.807, 2.05) is 12.1 Å². The minimum atomic E-state index is -1.09. The number of nitrogens with zero attached hydrogens (tertiary/aromatic N) is 2. The van der Waals surface area contributed by atoms with E-state index in [0.29, 0.717) is 32.9 Å². The molecule has 0 radical (unpaired) electrons. The molecule has 0 aliphatic carbocycles. The van der Waals surface area contributed by atoms with Crippen molar-refractivity contribution >= 4 is 17.7 Å². The SMILES string of the molecule is COc1cc(OC)nc(Sc2cccc3c2C(=O)OC3(C)OC)n1. The Hall–Kier alpha value is -2.32. The molecule has 1 unspecified atom stereocenters. The van der Waals surface area contributed by atoms with E-state index >= 15 is 0 Å². The van der Waals surface area contributed by atoms with Gasteiger partial charge in [-0.25, -0.2) is 4.79 Å². The van der Waals surface area contributed by atoms with Crippen molar-refractivity contribution in [2.24, 2.45) is 0 Å². The Morgan fingerprint density at radius 1 is 1.12 bits per heavy atom. The van der Waals surface area contributed by atoms with Gasteiger partial charge in [-0.05, 0) is 17.8 Å². The second-order valence-electron chi connectivity index (χ2n) is 5.06. The van der Waals surface area contributed by atoms with Crippen LogP contribution in [0.2, 0.25) is 0 Å². The summed E-state index contributed by atoms with van der Waals surface area (Å²) in [5.74, 6) is -0.773. The molecule has 0 spiro atoms. The van der Waals surface area contributed by atoms with Gasteiger partial charge in [-0.2, -0.15) is 9.97 Å². The molecule has 1 atom stereocenters. The van der Waals surface area contributed by atoms with Gasteiger partial charge in [-0.1, -0.05) is 12.1 Å². The lowest BCUT2D eigenvalue weighted by Crippen LogP contribution is -2.23. The van der Waals surface area contributed by atoms with Crippen LogP contribution in [-0.4, -0.2) is 37.3 Å². The number of cyclic esters (lactones) is 1. The van der Waals surface area contributed by atoms with Crippen molar-refractivity contribution in [2.75, 3.05) is 21.3 Å². The van der Waals surface area contributed by atoms with Gasteiger partial charge in [-0.15, -0.1) is 0 Å². The van der Waals surface area contributed by atoms with E-state index in [2.05, 4.69) is 9.97 Å². The zero-order valence-corrected chi connectivity index (χ0v) is 14.5. The molecule has 1 aromatic heterocycles. The molecule has 0 saturated carbocycles. The first-order chi connectivity index (χ1) is 11.5. The van der Waals surface area contributed by atoms with E-state index in [9.17, 15) is 4.79 Å². The van der Waals surface area contributed by atoms with E-state index in [1.54, 1.807) is 19.1 Å². The Labute approximate surface area is 143 Å². The van der Waals surface area contributed by atoms with Crippen LogP contribution in [-0.2, 0) is 15.3 Å². The normalized spacial score (nSPS) is 18.9. The maximum atomic E-state index is 12.3. The fourth-order valence-corrected chi connectivity index (χ4v) is 3.29. The van der Waals surface area contributed by atoms with Crippen LogP contribution in [0, 0.1) is 0 Å². The highest BCUT2D eigenvalue weighted by Crippen LogP contribution is 2.42. The molecule has 0 fully saturated rings. The highest BCUT2D eigenvalue weighted by Gasteiger charge is 2.43. The summed E-state index contributed by atoms with van der Waals surface area (Å²) >= 11 is 1.23. The van der Waals surface area contributed by atoms with E-state index in [4.69, 9.17) is 18.9 Å². The summed E-state index contributed by atoms with van der Waals surface area (Å²) in [6.45, 7) is 1.70. The van der Waals surface area contributed by atoms with E-state index in [-0.39, 0.29) is 0 Å².